The van der Waals surface area contributed by atoms with Crippen molar-refractivity contribution in [2.45, 2.75) is 25.6 Å². The second kappa shape index (κ2) is 7.13. The standard InChI is InChI=1S/C13H15F3O3/c1-2-18-12(17)9-19-11(13(14,15)16)8-10-6-4-3-5-7-10/h3-7,11H,2,8-9H2,1H3/t11-/m0/s1. The molecule has 1 rings (SSSR count). The van der Waals surface area contributed by atoms with E-state index in [1.165, 1.54) is 0 Å². The highest BCUT2D eigenvalue weighted by atomic mass is 19.4. The van der Waals surface area contributed by atoms with Gasteiger partial charge in [-0.15, -0.1) is 0 Å². The minimum Gasteiger partial charge on any atom is -0.464 e. The first kappa shape index (κ1) is 15.5. The average molecular weight is 276 g/mol. The average Bonchev–Trinajstić information content (AvgIpc) is 2.34. The van der Waals surface area contributed by atoms with E-state index < -0.39 is 24.9 Å². The van der Waals surface area contributed by atoms with Crippen molar-refractivity contribution in [2.75, 3.05) is 13.2 Å². The maximum absolute atomic E-state index is 12.8. The van der Waals surface area contributed by atoms with Gasteiger partial charge in [-0.1, -0.05) is 30.3 Å². The molecule has 1 aromatic rings. The summed E-state index contributed by atoms with van der Waals surface area (Å²) in [4.78, 5) is 11.0. The third kappa shape index (κ3) is 5.74. The van der Waals surface area contributed by atoms with Crippen LogP contribution in [0.3, 0.4) is 0 Å². The SMILES string of the molecule is CCOC(=O)CO[C@@H](Cc1ccccc1)C(F)(F)F. The summed E-state index contributed by atoms with van der Waals surface area (Å²) in [6.07, 6.45) is -6.87. The number of hydrogen-bond donors (Lipinski definition) is 0. The third-order valence-electron chi connectivity index (χ3n) is 2.34. The van der Waals surface area contributed by atoms with Crippen LogP contribution < -0.4 is 0 Å². The van der Waals surface area contributed by atoms with E-state index in [0.717, 1.165) is 0 Å². The highest BCUT2D eigenvalue weighted by Crippen LogP contribution is 2.25. The molecule has 19 heavy (non-hydrogen) atoms. The lowest BCUT2D eigenvalue weighted by molar-refractivity contribution is -0.221. The van der Waals surface area contributed by atoms with Crippen LogP contribution in [0.25, 0.3) is 0 Å². The first-order chi connectivity index (χ1) is 8.93. The van der Waals surface area contributed by atoms with Gasteiger partial charge in [-0.25, -0.2) is 4.79 Å². The number of carbonyl (C=O) groups is 1. The Bertz CT molecular complexity index is 390. The summed E-state index contributed by atoms with van der Waals surface area (Å²) in [6.45, 7) is 0.978. The van der Waals surface area contributed by atoms with Crippen molar-refractivity contribution >= 4 is 5.97 Å². The van der Waals surface area contributed by atoms with Gasteiger partial charge >= 0.3 is 12.1 Å². The van der Waals surface area contributed by atoms with E-state index in [1.54, 1.807) is 37.3 Å². The van der Waals surface area contributed by atoms with Gasteiger partial charge in [0.1, 0.15) is 6.61 Å². The van der Waals surface area contributed by atoms with Gasteiger partial charge in [-0.2, -0.15) is 13.2 Å². The van der Waals surface area contributed by atoms with Crippen LogP contribution in [0.2, 0.25) is 0 Å². The Labute approximate surface area is 109 Å². The Kier molecular flexibility index (Phi) is 5.82. The lowest BCUT2D eigenvalue weighted by atomic mass is 10.1. The van der Waals surface area contributed by atoms with Crippen LogP contribution in [-0.2, 0) is 20.7 Å². The third-order valence-corrected chi connectivity index (χ3v) is 2.34. The van der Waals surface area contributed by atoms with Gasteiger partial charge in [0.25, 0.3) is 0 Å². The summed E-state index contributed by atoms with van der Waals surface area (Å²) >= 11 is 0. The highest BCUT2D eigenvalue weighted by Gasteiger charge is 2.41. The Balaban J connectivity index is 2.61. The van der Waals surface area contributed by atoms with Crippen LogP contribution in [0.5, 0.6) is 0 Å². The summed E-state index contributed by atoms with van der Waals surface area (Å²) in [5.74, 6) is -0.801. The maximum Gasteiger partial charge on any atom is 0.414 e. The number of ether oxygens (including phenoxy) is 2. The fourth-order valence-electron chi connectivity index (χ4n) is 1.47. The Morgan fingerprint density at radius 2 is 1.89 bits per heavy atom. The van der Waals surface area contributed by atoms with Crippen molar-refractivity contribution in [2.24, 2.45) is 0 Å². The van der Waals surface area contributed by atoms with Gasteiger partial charge in [-0.05, 0) is 12.5 Å². The van der Waals surface area contributed by atoms with E-state index in [0.29, 0.717) is 5.56 Å². The second-order valence-corrected chi connectivity index (χ2v) is 3.84. The molecule has 0 spiro atoms. The van der Waals surface area contributed by atoms with Gasteiger partial charge in [0.15, 0.2) is 6.10 Å². The Hall–Kier alpha value is -1.56. The van der Waals surface area contributed by atoms with Crippen molar-refractivity contribution in [1.29, 1.82) is 0 Å². The molecule has 0 heterocycles. The largest absolute Gasteiger partial charge is 0.464 e. The van der Waals surface area contributed by atoms with Crippen molar-refractivity contribution in [3.05, 3.63) is 35.9 Å². The number of benzene rings is 1. The zero-order valence-electron chi connectivity index (χ0n) is 10.4. The fraction of sp³-hybridized carbons (Fsp3) is 0.462. The molecule has 6 heteroatoms. The minimum absolute atomic E-state index is 0.109. The topological polar surface area (TPSA) is 35.5 Å². The molecule has 0 fully saturated rings. The number of rotatable bonds is 6. The molecule has 0 N–H and O–H groups in total. The van der Waals surface area contributed by atoms with Gasteiger partial charge in [0.2, 0.25) is 0 Å². The number of esters is 1. The van der Waals surface area contributed by atoms with Crippen LogP contribution in [0.4, 0.5) is 13.2 Å². The van der Waals surface area contributed by atoms with Crippen LogP contribution >= 0.6 is 0 Å². The van der Waals surface area contributed by atoms with Crippen molar-refractivity contribution in [1.82, 2.24) is 0 Å². The van der Waals surface area contributed by atoms with E-state index >= 15 is 0 Å². The highest BCUT2D eigenvalue weighted by molar-refractivity contribution is 5.70. The smallest absolute Gasteiger partial charge is 0.414 e. The van der Waals surface area contributed by atoms with Gasteiger partial charge in [0, 0.05) is 6.42 Å². The molecular weight excluding hydrogens is 261 g/mol. The molecule has 0 unspecified atom stereocenters. The fourth-order valence-corrected chi connectivity index (χ4v) is 1.47. The monoisotopic (exact) mass is 276 g/mol. The molecule has 0 aliphatic carbocycles. The molecule has 1 atom stereocenters. The summed E-state index contributed by atoms with van der Waals surface area (Å²) < 4.78 is 47.4. The Morgan fingerprint density at radius 1 is 1.26 bits per heavy atom. The molecule has 0 radical (unpaired) electrons. The lowest BCUT2D eigenvalue weighted by Crippen LogP contribution is -2.35. The molecule has 0 amide bonds. The number of carbonyl (C=O) groups excluding carboxylic acids is 1. The molecule has 106 valence electrons. The summed E-state index contributed by atoms with van der Waals surface area (Å²) in [7, 11) is 0. The van der Waals surface area contributed by atoms with E-state index in [-0.39, 0.29) is 13.0 Å². The predicted octanol–water partition coefficient (Wildman–Crippen LogP) is 2.74. The van der Waals surface area contributed by atoms with E-state index in [2.05, 4.69) is 9.47 Å². The predicted molar refractivity (Wildman–Crippen MR) is 62.6 cm³/mol. The quantitative estimate of drug-likeness (QED) is 0.749. The molecule has 0 bridgehead atoms. The number of hydrogen-bond acceptors (Lipinski definition) is 3. The van der Waals surface area contributed by atoms with Crippen molar-refractivity contribution < 1.29 is 27.4 Å². The normalized spacial score (nSPS) is 13.1. The van der Waals surface area contributed by atoms with Crippen LogP contribution in [0, 0.1) is 0 Å². The zero-order valence-corrected chi connectivity index (χ0v) is 10.4. The summed E-state index contributed by atoms with van der Waals surface area (Å²) in [6, 6.07) is 8.16. The Morgan fingerprint density at radius 3 is 2.42 bits per heavy atom. The lowest BCUT2D eigenvalue weighted by Gasteiger charge is -2.20. The van der Waals surface area contributed by atoms with Gasteiger partial charge in [-0.3, -0.25) is 0 Å². The molecular formula is C13H15F3O3. The first-order valence-electron chi connectivity index (χ1n) is 5.81. The zero-order chi connectivity index (χ0) is 14.3. The number of alkyl halides is 3. The van der Waals surface area contributed by atoms with Crippen LogP contribution in [0.1, 0.15) is 12.5 Å². The van der Waals surface area contributed by atoms with Gasteiger partial charge in [0.05, 0.1) is 6.61 Å². The van der Waals surface area contributed by atoms with Crippen molar-refractivity contribution in [3.8, 4) is 0 Å². The van der Waals surface area contributed by atoms with Crippen LogP contribution in [-0.4, -0.2) is 31.5 Å². The maximum atomic E-state index is 12.8. The second-order valence-electron chi connectivity index (χ2n) is 3.84. The molecule has 0 saturated heterocycles. The van der Waals surface area contributed by atoms with E-state index in [9.17, 15) is 18.0 Å². The van der Waals surface area contributed by atoms with Crippen LogP contribution in [0.15, 0.2) is 30.3 Å². The summed E-state index contributed by atoms with van der Waals surface area (Å²) in [5, 5.41) is 0. The van der Waals surface area contributed by atoms with E-state index in [4.69, 9.17) is 0 Å². The molecule has 1 aromatic carbocycles. The van der Waals surface area contributed by atoms with Gasteiger partial charge < -0.3 is 9.47 Å². The minimum atomic E-state index is -4.53. The van der Waals surface area contributed by atoms with E-state index in [1.807, 2.05) is 0 Å². The molecule has 0 aliphatic rings. The molecule has 0 aliphatic heterocycles. The number of halogens is 3. The first-order valence-corrected chi connectivity index (χ1v) is 5.81. The molecule has 0 saturated carbocycles. The molecule has 3 nitrogen and oxygen atoms in total. The summed E-state index contributed by atoms with van der Waals surface area (Å²) in [5.41, 5.74) is 0.494. The molecule has 0 aromatic heterocycles. The van der Waals surface area contributed by atoms with Crippen molar-refractivity contribution in [3.63, 3.8) is 0 Å².